The van der Waals surface area contributed by atoms with Gasteiger partial charge < -0.3 is 24.4 Å². The average molecular weight is 487 g/mol. The van der Waals surface area contributed by atoms with E-state index in [0.29, 0.717) is 32.1 Å². The van der Waals surface area contributed by atoms with Crippen LogP contribution in [0.3, 0.4) is 0 Å². The van der Waals surface area contributed by atoms with Crippen molar-refractivity contribution in [3.63, 3.8) is 0 Å². The predicted molar refractivity (Wildman–Crippen MR) is 135 cm³/mol. The first kappa shape index (κ1) is 25.8. The molecule has 0 unspecified atom stereocenters. The van der Waals surface area contributed by atoms with Crippen LogP contribution in [-0.4, -0.2) is 60.4 Å². The van der Waals surface area contributed by atoms with E-state index in [4.69, 9.17) is 14.2 Å². The molecule has 1 saturated heterocycles. The first-order chi connectivity index (χ1) is 16.8. The highest BCUT2D eigenvalue weighted by atomic mass is 16.6. The van der Waals surface area contributed by atoms with Crippen LogP contribution in [0.2, 0.25) is 0 Å². The summed E-state index contributed by atoms with van der Waals surface area (Å²) in [5.41, 5.74) is 0.735. The lowest BCUT2D eigenvalue weighted by Gasteiger charge is -2.42. The molecule has 1 aromatic rings. The number of hydrogen-bond acceptors (Lipinski definition) is 5. The Balaban J connectivity index is 1.48. The predicted octanol–water partition coefficient (Wildman–Crippen LogP) is 5.18. The van der Waals surface area contributed by atoms with Gasteiger partial charge in [0.1, 0.15) is 11.4 Å². The summed E-state index contributed by atoms with van der Waals surface area (Å²) in [7, 11) is 0. The lowest BCUT2D eigenvalue weighted by Crippen LogP contribution is -2.59. The third-order valence-corrected chi connectivity index (χ3v) is 7.38. The third-order valence-electron chi connectivity index (χ3n) is 7.38. The number of carbonyl (C=O) groups is 2. The van der Waals surface area contributed by atoms with E-state index in [1.807, 2.05) is 31.7 Å². The van der Waals surface area contributed by atoms with Gasteiger partial charge >= 0.3 is 6.09 Å². The van der Waals surface area contributed by atoms with Crippen LogP contribution in [0.5, 0.6) is 5.75 Å². The Kier molecular flexibility index (Phi) is 8.58. The quantitative estimate of drug-likeness (QED) is 0.592. The van der Waals surface area contributed by atoms with Gasteiger partial charge in [-0.05, 0) is 89.7 Å². The molecule has 4 aliphatic rings. The maximum Gasteiger partial charge on any atom is 0.407 e. The molecule has 2 atom stereocenters. The molecular formula is C28H42N2O5. The Morgan fingerprint density at radius 1 is 1.06 bits per heavy atom. The molecule has 1 saturated carbocycles. The lowest BCUT2D eigenvalue weighted by atomic mass is 9.82. The highest BCUT2D eigenvalue weighted by Gasteiger charge is 2.37. The summed E-state index contributed by atoms with van der Waals surface area (Å²) in [6.07, 6.45) is 7.62. The Bertz CT molecular complexity index is 859. The van der Waals surface area contributed by atoms with Gasteiger partial charge in [-0.15, -0.1) is 0 Å². The number of nitrogens with zero attached hydrogens (tertiary/aromatic N) is 1. The highest BCUT2D eigenvalue weighted by Crippen LogP contribution is 2.38. The number of piperidine rings is 1. The van der Waals surface area contributed by atoms with Crippen molar-refractivity contribution in [1.82, 2.24) is 10.2 Å². The van der Waals surface area contributed by atoms with Gasteiger partial charge in [0, 0.05) is 13.0 Å². The number of alkyl carbamates (subject to hydrolysis) is 1. The van der Waals surface area contributed by atoms with E-state index in [0.717, 1.165) is 57.1 Å². The number of para-hydroxylation sites is 1. The summed E-state index contributed by atoms with van der Waals surface area (Å²) in [6, 6.07) is 8.05. The molecule has 0 radical (unpaired) electrons. The normalized spacial score (nSPS) is 28.4. The molecule has 0 spiro atoms. The van der Waals surface area contributed by atoms with Crippen molar-refractivity contribution in [2.45, 2.75) is 108 Å². The molecule has 1 aromatic carbocycles. The molecule has 1 aliphatic carbocycles. The Morgan fingerprint density at radius 3 is 2.60 bits per heavy atom. The molecule has 2 fully saturated rings. The highest BCUT2D eigenvalue weighted by molar-refractivity contribution is 5.77. The van der Waals surface area contributed by atoms with Gasteiger partial charge in [-0.1, -0.05) is 18.2 Å². The van der Waals surface area contributed by atoms with E-state index in [-0.39, 0.29) is 24.1 Å². The molecular weight excluding hydrogens is 444 g/mol. The molecule has 7 nitrogen and oxygen atoms in total. The number of carbonyl (C=O) groups excluding carboxylic acids is 2. The average Bonchev–Trinajstić information content (AvgIpc) is 2.81. The van der Waals surface area contributed by atoms with Crippen LogP contribution in [0.4, 0.5) is 4.79 Å². The van der Waals surface area contributed by atoms with Crippen molar-refractivity contribution in [3.05, 3.63) is 29.8 Å². The Labute approximate surface area is 209 Å². The van der Waals surface area contributed by atoms with Crippen LogP contribution in [0.1, 0.15) is 90.0 Å². The van der Waals surface area contributed by atoms with E-state index in [1.54, 1.807) is 0 Å². The van der Waals surface area contributed by atoms with Crippen LogP contribution in [-0.2, 0) is 14.3 Å². The summed E-state index contributed by atoms with van der Waals surface area (Å²) in [5.74, 6) is 1.61. The van der Waals surface area contributed by atoms with Crippen molar-refractivity contribution in [1.29, 1.82) is 0 Å². The zero-order valence-electron chi connectivity index (χ0n) is 21.6. The molecule has 2 bridgehead atoms. The maximum atomic E-state index is 13.2. The smallest absolute Gasteiger partial charge is 0.407 e. The van der Waals surface area contributed by atoms with E-state index in [2.05, 4.69) is 23.5 Å². The Morgan fingerprint density at radius 2 is 1.83 bits per heavy atom. The number of ether oxygens (including phenoxy) is 3. The van der Waals surface area contributed by atoms with E-state index in [9.17, 15) is 9.59 Å². The van der Waals surface area contributed by atoms with Crippen molar-refractivity contribution in [2.24, 2.45) is 0 Å². The van der Waals surface area contributed by atoms with Gasteiger partial charge in [0.2, 0.25) is 5.91 Å². The summed E-state index contributed by atoms with van der Waals surface area (Å²) in [6.45, 7) is 7.34. The second-order valence-corrected chi connectivity index (χ2v) is 11.2. The fraction of sp³-hybridized carbons (Fsp3) is 0.714. The minimum atomic E-state index is -0.565. The first-order valence-electron chi connectivity index (χ1n) is 13.4. The number of fused-ring (bicyclic) bond motifs is 8. The molecule has 3 aliphatic heterocycles. The standard InChI is InChI=1S/C28H42N2O5/c1-28(2,3)35-27(32)29-23-10-8-17-30-24(23)19-34-21-15-13-20(14-16-21)22-9-4-5-11-25(22)33-18-7-6-12-26(30)31/h4-5,9,11,20-21,23-24H,6-8,10,12-19H2,1-3H3,(H,29,32)/t20-,21+,23-,24-/m0/s1. The van der Waals surface area contributed by atoms with Crippen LogP contribution < -0.4 is 10.1 Å². The Hall–Kier alpha value is -2.28. The molecule has 2 amide bonds. The molecule has 7 heteroatoms. The second kappa shape index (κ2) is 11.6. The van der Waals surface area contributed by atoms with Gasteiger partial charge in [-0.25, -0.2) is 4.79 Å². The topological polar surface area (TPSA) is 77.1 Å². The van der Waals surface area contributed by atoms with Crippen molar-refractivity contribution in [2.75, 3.05) is 19.8 Å². The van der Waals surface area contributed by atoms with Crippen LogP contribution in [0, 0.1) is 0 Å². The number of benzene rings is 1. The van der Waals surface area contributed by atoms with Crippen LogP contribution in [0.25, 0.3) is 0 Å². The molecule has 3 heterocycles. The molecule has 35 heavy (non-hydrogen) atoms. The lowest BCUT2D eigenvalue weighted by molar-refractivity contribution is -0.139. The van der Waals surface area contributed by atoms with Gasteiger partial charge in [-0.2, -0.15) is 0 Å². The second-order valence-electron chi connectivity index (χ2n) is 11.2. The molecule has 5 rings (SSSR count). The van der Waals surface area contributed by atoms with Gasteiger partial charge in [0.15, 0.2) is 0 Å². The van der Waals surface area contributed by atoms with Crippen LogP contribution in [0.15, 0.2) is 24.3 Å². The third kappa shape index (κ3) is 7.12. The first-order valence-corrected chi connectivity index (χ1v) is 13.4. The van der Waals surface area contributed by atoms with E-state index in [1.165, 1.54) is 5.56 Å². The molecule has 0 aromatic heterocycles. The fourth-order valence-electron chi connectivity index (χ4n) is 5.63. The van der Waals surface area contributed by atoms with Gasteiger partial charge in [0.25, 0.3) is 0 Å². The molecule has 1 N–H and O–H groups in total. The number of rotatable bonds is 1. The van der Waals surface area contributed by atoms with Crippen LogP contribution >= 0.6 is 0 Å². The molecule has 194 valence electrons. The summed E-state index contributed by atoms with van der Waals surface area (Å²) in [5, 5.41) is 3.05. The van der Waals surface area contributed by atoms with Gasteiger partial charge in [-0.3, -0.25) is 4.79 Å². The zero-order chi connectivity index (χ0) is 24.8. The fourth-order valence-corrected chi connectivity index (χ4v) is 5.63. The minimum absolute atomic E-state index is 0.130. The summed E-state index contributed by atoms with van der Waals surface area (Å²) in [4.78, 5) is 27.7. The van der Waals surface area contributed by atoms with Crippen molar-refractivity contribution in [3.8, 4) is 5.75 Å². The van der Waals surface area contributed by atoms with Crippen molar-refractivity contribution >= 4 is 12.0 Å². The summed E-state index contributed by atoms with van der Waals surface area (Å²) < 4.78 is 18.1. The SMILES string of the molecule is CC(C)(C)OC(=O)N[C@H]1CCCN2C(=O)CCCCOc3ccccc3[C@H]3CC[C@H](CC3)OC[C@@H]12. The monoisotopic (exact) mass is 486 g/mol. The number of amides is 2. The van der Waals surface area contributed by atoms with E-state index >= 15 is 0 Å². The number of nitrogens with one attached hydrogen (secondary N) is 1. The number of hydrogen-bond donors (Lipinski definition) is 1. The largest absolute Gasteiger partial charge is 0.493 e. The van der Waals surface area contributed by atoms with E-state index < -0.39 is 11.7 Å². The minimum Gasteiger partial charge on any atom is -0.493 e. The zero-order valence-corrected chi connectivity index (χ0v) is 21.6. The summed E-state index contributed by atoms with van der Waals surface area (Å²) >= 11 is 0. The maximum absolute atomic E-state index is 13.2. The van der Waals surface area contributed by atoms with Gasteiger partial charge in [0.05, 0.1) is 31.4 Å². The van der Waals surface area contributed by atoms with Crippen molar-refractivity contribution < 1.29 is 23.8 Å².